The topological polar surface area (TPSA) is 149 Å². The average Bonchev–Trinajstić information content (AvgIpc) is 3.32. The molecular weight excluding hydrogens is 400 g/mol. The average molecular weight is 424 g/mol. The first-order valence-electron chi connectivity index (χ1n) is 10.2. The second kappa shape index (κ2) is 4.69. The van der Waals surface area contributed by atoms with Crippen LogP contribution in [0.4, 0.5) is 0 Å². The first kappa shape index (κ1) is 19.0. The normalized spacial score (nSPS) is 60.1. The van der Waals surface area contributed by atoms with Crippen LogP contribution in [0.3, 0.4) is 0 Å². The summed E-state index contributed by atoms with van der Waals surface area (Å²) in [6.45, 7) is 6.97. The molecule has 0 aromatic rings. The number of hydrogen-bond acceptors (Lipinski definition) is 10. The highest BCUT2D eigenvalue weighted by Gasteiger charge is 3.02. The summed E-state index contributed by atoms with van der Waals surface area (Å²) in [6, 6.07) is 0. The lowest BCUT2D eigenvalue weighted by atomic mass is 9.51. The molecule has 2 unspecified atom stereocenters. The molecule has 2 spiro atoms. The molecule has 0 amide bonds. The minimum absolute atomic E-state index is 0.107. The van der Waals surface area contributed by atoms with E-state index in [0.29, 0.717) is 0 Å². The van der Waals surface area contributed by atoms with Crippen molar-refractivity contribution in [3.05, 3.63) is 0 Å². The Hall–Kier alpha value is -1.75. The fraction of sp³-hybridized carbons (Fsp3) is 0.850. The molecule has 0 aromatic carbocycles. The van der Waals surface area contributed by atoms with Crippen molar-refractivity contribution in [2.24, 2.45) is 28.1 Å². The fourth-order valence-corrected chi connectivity index (χ4v) is 8.22. The summed E-state index contributed by atoms with van der Waals surface area (Å²) in [5, 5.41) is 34.4. The quantitative estimate of drug-likeness (QED) is 0.314. The molecule has 164 valence electrons. The van der Waals surface area contributed by atoms with Crippen LogP contribution in [0.2, 0.25) is 0 Å². The number of fused-ring (bicyclic) bond motifs is 1. The Labute approximate surface area is 171 Å². The van der Waals surface area contributed by atoms with Crippen LogP contribution in [-0.4, -0.2) is 75.1 Å². The molecule has 6 aliphatic rings. The highest BCUT2D eigenvalue weighted by molar-refractivity contribution is 5.93. The Morgan fingerprint density at radius 2 is 1.70 bits per heavy atom. The Kier molecular flexibility index (Phi) is 2.97. The zero-order valence-corrected chi connectivity index (χ0v) is 16.9. The van der Waals surface area contributed by atoms with Crippen molar-refractivity contribution in [3.8, 4) is 0 Å². The highest BCUT2D eigenvalue weighted by atomic mass is 16.8. The number of hydrogen-bond donors (Lipinski definition) is 3. The minimum atomic E-state index is -2.12. The lowest BCUT2D eigenvalue weighted by Gasteiger charge is -2.46. The van der Waals surface area contributed by atoms with Gasteiger partial charge in [-0.05, 0) is 12.3 Å². The van der Waals surface area contributed by atoms with Crippen LogP contribution in [0.25, 0.3) is 0 Å². The van der Waals surface area contributed by atoms with Gasteiger partial charge in [-0.15, -0.1) is 0 Å². The molecule has 2 aliphatic carbocycles. The number of aliphatic hydroxyl groups excluding tert-OH is 2. The first-order valence-corrected chi connectivity index (χ1v) is 10.2. The molecule has 2 saturated carbocycles. The molecule has 0 radical (unpaired) electrons. The third kappa shape index (κ3) is 1.35. The Bertz CT molecular complexity index is 925. The summed E-state index contributed by atoms with van der Waals surface area (Å²) >= 11 is 0. The van der Waals surface area contributed by atoms with Crippen LogP contribution in [-0.2, 0) is 33.3 Å². The molecule has 3 N–H and O–H groups in total. The summed E-state index contributed by atoms with van der Waals surface area (Å²) in [4.78, 5) is 38.2. The molecule has 4 saturated heterocycles. The van der Waals surface area contributed by atoms with Crippen molar-refractivity contribution in [3.63, 3.8) is 0 Å². The van der Waals surface area contributed by atoms with Crippen molar-refractivity contribution in [1.82, 2.24) is 0 Å². The van der Waals surface area contributed by atoms with Gasteiger partial charge in [0.1, 0.15) is 12.2 Å². The van der Waals surface area contributed by atoms with Gasteiger partial charge in [0.05, 0.1) is 22.9 Å². The van der Waals surface area contributed by atoms with E-state index in [1.165, 1.54) is 6.92 Å². The molecule has 6 rings (SSSR count). The zero-order chi connectivity index (χ0) is 21.8. The van der Waals surface area contributed by atoms with Crippen molar-refractivity contribution in [2.45, 2.75) is 76.0 Å². The molecule has 11 atom stereocenters. The third-order valence-corrected chi connectivity index (χ3v) is 8.91. The molecule has 30 heavy (non-hydrogen) atoms. The summed E-state index contributed by atoms with van der Waals surface area (Å²) in [6.07, 6.45) is -6.73. The number of ether oxygens (including phenoxy) is 4. The van der Waals surface area contributed by atoms with Gasteiger partial charge in [0, 0.05) is 12.3 Å². The van der Waals surface area contributed by atoms with Crippen LogP contribution in [0.1, 0.15) is 34.1 Å². The van der Waals surface area contributed by atoms with Gasteiger partial charge in [-0.1, -0.05) is 20.8 Å². The molecule has 10 heteroatoms. The van der Waals surface area contributed by atoms with Gasteiger partial charge in [-0.25, -0.2) is 9.59 Å². The Morgan fingerprint density at radius 3 is 2.33 bits per heavy atom. The van der Waals surface area contributed by atoms with Crippen molar-refractivity contribution >= 4 is 17.9 Å². The van der Waals surface area contributed by atoms with E-state index in [-0.39, 0.29) is 6.42 Å². The second-order valence-electron chi connectivity index (χ2n) is 10.7. The fourth-order valence-electron chi connectivity index (χ4n) is 8.22. The number of carbonyl (C=O) groups excluding carboxylic acids is 3. The third-order valence-electron chi connectivity index (χ3n) is 8.91. The lowest BCUT2D eigenvalue weighted by molar-refractivity contribution is -0.239. The zero-order valence-electron chi connectivity index (χ0n) is 16.9. The standard InChI is InChI=1S/C20H24O10/c1-6-12(23)27-7-5-17-11-8(21)9(16(2,3)4)18(17)10(22)13(24)29-15(18)30-20(17,14(25)28-11)19(6,7)26/h6-11,15,21-22,26H,5H2,1-4H3/t6-,7+,8-,9+,10+,11-,15+,17?,18+,19?,20-/m1/s1. The summed E-state index contributed by atoms with van der Waals surface area (Å²) in [7, 11) is 0. The van der Waals surface area contributed by atoms with Gasteiger partial charge in [0.2, 0.25) is 11.9 Å². The number of aliphatic hydroxyl groups is 3. The van der Waals surface area contributed by atoms with E-state index in [0.717, 1.165) is 0 Å². The maximum Gasteiger partial charge on any atom is 0.342 e. The van der Waals surface area contributed by atoms with Crippen molar-refractivity contribution < 1.29 is 48.7 Å². The molecular formula is C20H24O10. The first-order chi connectivity index (χ1) is 13.8. The monoisotopic (exact) mass is 424 g/mol. The largest absolute Gasteiger partial charge is 0.459 e. The molecule has 6 fully saturated rings. The van der Waals surface area contributed by atoms with Crippen LogP contribution in [0.5, 0.6) is 0 Å². The molecule has 4 heterocycles. The number of esters is 3. The summed E-state index contributed by atoms with van der Waals surface area (Å²) < 4.78 is 22.6. The van der Waals surface area contributed by atoms with E-state index < -0.39 is 87.9 Å². The van der Waals surface area contributed by atoms with Crippen molar-refractivity contribution in [1.29, 1.82) is 0 Å². The van der Waals surface area contributed by atoms with E-state index in [4.69, 9.17) is 18.9 Å². The van der Waals surface area contributed by atoms with Gasteiger partial charge in [0.25, 0.3) is 0 Å². The SMILES string of the molecule is C[C@@H]1C(=O)O[C@H]2CC34[C@@H]5OC(=O)[C@]3(O[C@@H]3OC(=O)[C@H](O)[C@@]34[C@H](C(C)(C)C)[C@H]5O)C21O. The van der Waals surface area contributed by atoms with E-state index in [2.05, 4.69) is 0 Å². The van der Waals surface area contributed by atoms with E-state index in [9.17, 15) is 29.7 Å². The van der Waals surface area contributed by atoms with Crippen LogP contribution in [0, 0.1) is 28.1 Å². The number of rotatable bonds is 0. The minimum Gasteiger partial charge on any atom is -0.459 e. The lowest BCUT2D eigenvalue weighted by Crippen LogP contribution is -2.66. The van der Waals surface area contributed by atoms with Crippen LogP contribution in [0.15, 0.2) is 0 Å². The van der Waals surface area contributed by atoms with Crippen LogP contribution >= 0.6 is 0 Å². The molecule has 0 bridgehead atoms. The van der Waals surface area contributed by atoms with Gasteiger partial charge in [0.15, 0.2) is 11.7 Å². The number of carbonyl (C=O) groups is 3. The maximum absolute atomic E-state index is 13.4. The Morgan fingerprint density at radius 1 is 1.03 bits per heavy atom. The predicted octanol–water partition coefficient (Wildman–Crippen LogP) is -1.37. The van der Waals surface area contributed by atoms with E-state index in [1.54, 1.807) is 0 Å². The summed E-state index contributed by atoms with van der Waals surface area (Å²) in [5.41, 5.74) is -7.95. The second-order valence-corrected chi connectivity index (χ2v) is 10.7. The van der Waals surface area contributed by atoms with E-state index >= 15 is 0 Å². The van der Waals surface area contributed by atoms with E-state index in [1.807, 2.05) is 20.8 Å². The van der Waals surface area contributed by atoms with Crippen molar-refractivity contribution in [2.75, 3.05) is 0 Å². The molecule has 4 aliphatic heterocycles. The van der Waals surface area contributed by atoms with Crippen LogP contribution < -0.4 is 0 Å². The predicted molar refractivity (Wildman–Crippen MR) is 92.0 cm³/mol. The maximum atomic E-state index is 13.4. The summed E-state index contributed by atoms with van der Waals surface area (Å²) in [5.74, 6) is -4.43. The van der Waals surface area contributed by atoms with Gasteiger partial charge in [-0.2, -0.15) is 0 Å². The van der Waals surface area contributed by atoms with Gasteiger partial charge >= 0.3 is 17.9 Å². The van der Waals surface area contributed by atoms with Gasteiger partial charge < -0.3 is 34.3 Å². The molecule has 0 aromatic heterocycles. The molecule has 10 nitrogen and oxygen atoms in total. The highest BCUT2D eigenvalue weighted by Crippen LogP contribution is 2.84. The van der Waals surface area contributed by atoms with Gasteiger partial charge in [-0.3, -0.25) is 4.79 Å². The smallest absolute Gasteiger partial charge is 0.342 e. The Balaban J connectivity index is 1.71.